The molecular formula is C8H14BrF2NO3. The summed E-state index contributed by atoms with van der Waals surface area (Å²) in [6.45, 7) is -0.520. The lowest BCUT2D eigenvalue weighted by Crippen LogP contribution is -2.38. The summed E-state index contributed by atoms with van der Waals surface area (Å²) in [7, 11) is 1.22. The van der Waals surface area contributed by atoms with Gasteiger partial charge in [0.2, 0.25) is 0 Å². The van der Waals surface area contributed by atoms with Crippen molar-refractivity contribution in [2.75, 3.05) is 33.4 Å². The van der Waals surface area contributed by atoms with Crippen molar-refractivity contribution in [3.05, 3.63) is 0 Å². The Morgan fingerprint density at radius 2 is 2.13 bits per heavy atom. The molecule has 7 heteroatoms. The molecule has 0 saturated heterocycles. The van der Waals surface area contributed by atoms with Crippen LogP contribution in [0.1, 0.15) is 0 Å². The largest absolute Gasteiger partial charge is 0.468 e. The molecule has 0 rings (SSSR count). The quantitative estimate of drug-likeness (QED) is 0.547. The summed E-state index contributed by atoms with van der Waals surface area (Å²) in [4.78, 5) is 11.6. The third kappa shape index (κ3) is 6.75. The Kier molecular flexibility index (Phi) is 7.81. The maximum atomic E-state index is 12.1. The molecule has 0 heterocycles. The molecule has 0 amide bonds. The summed E-state index contributed by atoms with van der Waals surface area (Å²) < 4.78 is 28.6. The Labute approximate surface area is 95.3 Å². The van der Waals surface area contributed by atoms with E-state index in [1.807, 2.05) is 0 Å². The zero-order valence-electron chi connectivity index (χ0n) is 8.33. The van der Waals surface area contributed by atoms with Crippen LogP contribution in [0, 0.1) is 0 Å². The molecule has 0 aromatic rings. The number of carbonyl (C=O) groups is 1. The number of ether oxygens (including phenoxy) is 1. The third-order valence-electron chi connectivity index (χ3n) is 1.69. The number of alkyl halides is 3. The molecule has 0 aliphatic carbocycles. The average molecular weight is 290 g/mol. The van der Waals surface area contributed by atoms with Crippen LogP contribution in [0.5, 0.6) is 0 Å². The van der Waals surface area contributed by atoms with Crippen molar-refractivity contribution >= 4 is 21.9 Å². The van der Waals surface area contributed by atoms with E-state index in [1.165, 1.54) is 12.0 Å². The molecule has 1 N–H and O–H groups in total. The molecule has 0 saturated carbocycles. The van der Waals surface area contributed by atoms with Crippen molar-refractivity contribution < 1.29 is 23.4 Å². The van der Waals surface area contributed by atoms with Gasteiger partial charge in [0, 0.05) is 13.1 Å². The summed E-state index contributed by atoms with van der Waals surface area (Å²) in [6.07, 6.45) is -2.49. The highest BCUT2D eigenvalue weighted by molar-refractivity contribution is 9.10. The van der Waals surface area contributed by atoms with Gasteiger partial charge >= 0.3 is 5.97 Å². The SMILES string of the molecule is COC(=O)C(Br)CN(CCO)CC(F)F. The lowest BCUT2D eigenvalue weighted by molar-refractivity contribution is -0.140. The van der Waals surface area contributed by atoms with Crippen molar-refractivity contribution in [2.24, 2.45) is 0 Å². The maximum Gasteiger partial charge on any atom is 0.320 e. The summed E-state index contributed by atoms with van der Waals surface area (Å²) in [5.41, 5.74) is 0. The predicted molar refractivity (Wildman–Crippen MR) is 54.3 cm³/mol. The molecule has 0 spiro atoms. The Morgan fingerprint density at radius 1 is 1.53 bits per heavy atom. The number of hydrogen-bond acceptors (Lipinski definition) is 4. The van der Waals surface area contributed by atoms with Crippen LogP contribution in [0.3, 0.4) is 0 Å². The van der Waals surface area contributed by atoms with Crippen molar-refractivity contribution in [1.82, 2.24) is 4.90 Å². The first-order valence-electron chi connectivity index (χ1n) is 4.34. The van der Waals surface area contributed by atoms with Crippen LogP contribution in [-0.2, 0) is 9.53 Å². The van der Waals surface area contributed by atoms with Gasteiger partial charge in [-0.25, -0.2) is 8.78 Å². The molecule has 0 aromatic heterocycles. The van der Waals surface area contributed by atoms with E-state index in [0.29, 0.717) is 0 Å². The van der Waals surface area contributed by atoms with Crippen LogP contribution in [0.15, 0.2) is 0 Å². The van der Waals surface area contributed by atoms with Crippen molar-refractivity contribution in [1.29, 1.82) is 0 Å². The van der Waals surface area contributed by atoms with Gasteiger partial charge in [-0.15, -0.1) is 0 Å². The Morgan fingerprint density at radius 3 is 2.53 bits per heavy atom. The predicted octanol–water partition coefficient (Wildman–Crippen LogP) is 0.482. The van der Waals surface area contributed by atoms with Gasteiger partial charge in [-0.1, -0.05) is 15.9 Å². The first-order chi connectivity index (χ1) is 7.01. The molecule has 0 fully saturated rings. The van der Waals surface area contributed by atoms with E-state index in [2.05, 4.69) is 20.7 Å². The molecule has 0 aliphatic heterocycles. The summed E-state index contributed by atoms with van der Waals surface area (Å²) in [5.74, 6) is -0.521. The van der Waals surface area contributed by atoms with Crippen molar-refractivity contribution in [2.45, 2.75) is 11.3 Å². The van der Waals surface area contributed by atoms with Crippen LogP contribution in [0.2, 0.25) is 0 Å². The first kappa shape index (κ1) is 14.7. The minimum absolute atomic E-state index is 0.0809. The molecule has 4 nitrogen and oxygen atoms in total. The fraction of sp³-hybridized carbons (Fsp3) is 0.875. The van der Waals surface area contributed by atoms with E-state index in [9.17, 15) is 13.6 Å². The Balaban J connectivity index is 4.08. The van der Waals surface area contributed by atoms with E-state index in [-0.39, 0.29) is 19.7 Å². The van der Waals surface area contributed by atoms with Gasteiger partial charge < -0.3 is 9.84 Å². The van der Waals surface area contributed by atoms with Crippen LogP contribution in [-0.4, -0.2) is 60.6 Å². The second kappa shape index (κ2) is 7.95. The van der Waals surface area contributed by atoms with Crippen molar-refractivity contribution in [3.63, 3.8) is 0 Å². The monoisotopic (exact) mass is 289 g/mol. The summed E-state index contributed by atoms with van der Waals surface area (Å²) >= 11 is 3.02. The summed E-state index contributed by atoms with van der Waals surface area (Å²) in [5, 5.41) is 8.64. The fourth-order valence-corrected chi connectivity index (χ4v) is 1.62. The van der Waals surface area contributed by atoms with Gasteiger partial charge in [0.1, 0.15) is 4.83 Å². The highest BCUT2D eigenvalue weighted by Crippen LogP contribution is 2.07. The van der Waals surface area contributed by atoms with Crippen LogP contribution in [0.25, 0.3) is 0 Å². The van der Waals surface area contributed by atoms with E-state index in [4.69, 9.17) is 5.11 Å². The number of carbonyl (C=O) groups excluding carboxylic acids is 1. The topological polar surface area (TPSA) is 49.8 Å². The number of halogens is 3. The van der Waals surface area contributed by atoms with E-state index in [1.54, 1.807) is 0 Å². The zero-order valence-corrected chi connectivity index (χ0v) is 9.91. The molecule has 1 atom stereocenters. The molecule has 15 heavy (non-hydrogen) atoms. The number of aliphatic hydroxyl groups excluding tert-OH is 1. The lowest BCUT2D eigenvalue weighted by atomic mass is 10.3. The minimum Gasteiger partial charge on any atom is -0.468 e. The number of methoxy groups -OCH3 is 1. The molecular weight excluding hydrogens is 276 g/mol. The summed E-state index contributed by atoms with van der Waals surface area (Å²) in [6, 6.07) is 0. The smallest absolute Gasteiger partial charge is 0.320 e. The minimum atomic E-state index is -2.49. The highest BCUT2D eigenvalue weighted by Gasteiger charge is 2.21. The molecule has 1 unspecified atom stereocenters. The first-order valence-corrected chi connectivity index (χ1v) is 5.26. The van der Waals surface area contributed by atoms with Gasteiger partial charge in [0.25, 0.3) is 6.43 Å². The van der Waals surface area contributed by atoms with Crippen LogP contribution in [0.4, 0.5) is 8.78 Å². The Bertz CT molecular complexity index is 195. The van der Waals surface area contributed by atoms with Crippen LogP contribution >= 0.6 is 15.9 Å². The molecule has 0 radical (unpaired) electrons. The molecule has 90 valence electrons. The van der Waals surface area contributed by atoms with Gasteiger partial charge in [-0.3, -0.25) is 9.69 Å². The van der Waals surface area contributed by atoms with Crippen molar-refractivity contribution in [3.8, 4) is 0 Å². The second-order valence-corrected chi connectivity index (χ2v) is 3.97. The van der Waals surface area contributed by atoms with Gasteiger partial charge in [0.05, 0.1) is 20.3 Å². The second-order valence-electron chi connectivity index (χ2n) is 2.86. The van der Waals surface area contributed by atoms with Gasteiger partial charge in [-0.05, 0) is 0 Å². The Hall–Kier alpha value is -0.270. The van der Waals surface area contributed by atoms with E-state index >= 15 is 0 Å². The fourth-order valence-electron chi connectivity index (χ4n) is 1.02. The van der Waals surface area contributed by atoms with Gasteiger partial charge in [-0.2, -0.15) is 0 Å². The number of esters is 1. The average Bonchev–Trinajstić information content (AvgIpc) is 2.15. The van der Waals surface area contributed by atoms with Gasteiger partial charge in [0.15, 0.2) is 0 Å². The number of nitrogens with zero attached hydrogens (tertiary/aromatic N) is 1. The van der Waals surface area contributed by atoms with E-state index in [0.717, 1.165) is 0 Å². The molecule has 0 aromatic carbocycles. The lowest BCUT2D eigenvalue weighted by Gasteiger charge is -2.22. The number of aliphatic hydroxyl groups is 1. The van der Waals surface area contributed by atoms with Crippen LogP contribution < -0.4 is 0 Å². The highest BCUT2D eigenvalue weighted by atomic mass is 79.9. The third-order valence-corrected chi connectivity index (χ3v) is 2.35. The maximum absolute atomic E-state index is 12.1. The normalized spacial score (nSPS) is 13.3. The number of rotatable bonds is 7. The number of hydrogen-bond donors (Lipinski definition) is 1. The molecule has 0 bridgehead atoms. The molecule has 0 aliphatic rings. The standard InChI is InChI=1S/C8H14BrF2NO3/c1-15-8(14)6(9)4-12(2-3-13)5-7(10)11/h6-7,13H,2-5H2,1H3. The van der Waals surface area contributed by atoms with E-state index < -0.39 is 23.8 Å². The zero-order chi connectivity index (χ0) is 11.8.